The van der Waals surface area contributed by atoms with Crippen LogP contribution in [0.25, 0.3) is 0 Å². The zero-order chi connectivity index (χ0) is 12.1. The molecule has 0 aromatic rings. The predicted octanol–water partition coefficient (Wildman–Crippen LogP) is 1.49. The largest absolute Gasteiger partial charge is 0.390 e. The van der Waals surface area contributed by atoms with Crippen LogP contribution in [0.3, 0.4) is 0 Å². The minimum Gasteiger partial charge on any atom is -0.390 e. The fraction of sp³-hybridized carbons (Fsp3) is 1.00. The van der Waals surface area contributed by atoms with Gasteiger partial charge < -0.3 is 10.0 Å². The van der Waals surface area contributed by atoms with Crippen LogP contribution < -0.4 is 0 Å². The van der Waals surface area contributed by atoms with Crippen molar-refractivity contribution in [1.82, 2.24) is 4.90 Å². The van der Waals surface area contributed by atoms with Crippen LogP contribution in [0.2, 0.25) is 0 Å². The topological polar surface area (TPSA) is 23.5 Å². The predicted molar refractivity (Wildman–Crippen MR) is 53.5 cm³/mol. The van der Waals surface area contributed by atoms with Gasteiger partial charge in [-0.2, -0.15) is 0 Å². The van der Waals surface area contributed by atoms with Crippen molar-refractivity contribution in [2.75, 3.05) is 13.1 Å². The van der Waals surface area contributed by atoms with Crippen molar-refractivity contribution in [2.24, 2.45) is 11.8 Å². The van der Waals surface area contributed by atoms with Gasteiger partial charge in [-0.15, -0.1) is 0 Å². The Balaban J connectivity index is 2.23. The van der Waals surface area contributed by atoms with Crippen LogP contribution in [0.1, 0.15) is 37.7 Å². The first-order valence-electron chi connectivity index (χ1n) is 6.73. The van der Waals surface area contributed by atoms with Gasteiger partial charge >= 0.3 is 0 Å². The van der Waals surface area contributed by atoms with Crippen molar-refractivity contribution in [3.63, 3.8) is 0 Å². The van der Waals surface area contributed by atoms with E-state index < -0.39 is 12.5 Å². The normalized spacial score (nSPS) is 50.3. The maximum absolute atomic E-state index is 10.5. The number of fused-ring (bicyclic) bond motifs is 2. The molecule has 1 aliphatic heterocycles. The number of rotatable bonds is 1. The van der Waals surface area contributed by atoms with Crippen LogP contribution in [0.15, 0.2) is 0 Å². The van der Waals surface area contributed by atoms with Crippen LogP contribution in [-0.2, 0) is 0 Å². The first-order valence-corrected chi connectivity index (χ1v) is 5.23. The molecule has 0 spiro atoms. The summed E-state index contributed by atoms with van der Waals surface area (Å²) in [5.74, 6) is -0.165. The van der Waals surface area contributed by atoms with Crippen molar-refractivity contribution in [3.05, 3.63) is 0 Å². The third-order valence-corrected chi connectivity index (χ3v) is 3.75. The molecule has 2 nitrogen and oxygen atoms in total. The second-order valence-corrected chi connectivity index (χ2v) is 4.84. The zero-order valence-electron chi connectivity index (χ0n) is 11.5. The molecule has 2 bridgehead atoms. The van der Waals surface area contributed by atoms with Crippen LogP contribution in [0.5, 0.6) is 0 Å². The molecule has 76 valence electrons. The zero-order valence-corrected chi connectivity index (χ0v) is 8.45. The first kappa shape index (κ1) is 6.41. The standard InChI is InChI=1S/C11H21NO/c1-8(2)12-6-9-4-5-10(7-12)11(9,3)13/h8-10,13H,4-7H2,1-3H3/i3D3. The summed E-state index contributed by atoms with van der Waals surface area (Å²) >= 11 is 0. The Morgan fingerprint density at radius 1 is 1.38 bits per heavy atom. The number of hydrogen-bond acceptors (Lipinski definition) is 2. The van der Waals surface area contributed by atoms with Crippen LogP contribution in [-0.4, -0.2) is 34.7 Å². The van der Waals surface area contributed by atoms with Crippen LogP contribution in [0.4, 0.5) is 0 Å². The molecule has 13 heavy (non-hydrogen) atoms. The van der Waals surface area contributed by atoms with Crippen molar-refractivity contribution < 1.29 is 9.22 Å². The fourth-order valence-electron chi connectivity index (χ4n) is 2.70. The Morgan fingerprint density at radius 3 is 2.31 bits per heavy atom. The quantitative estimate of drug-likeness (QED) is 0.670. The highest BCUT2D eigenvalue weighted by Crippen LogP contribution is 2.44. The number of likely N-dealkylation sites (tertiary alicyclic amines) is 1. The maximum Gasteiger partial charge on any atom is 0.0700 e. The maximum atomic E-state index is 10.5. The second kappa shape index (κ2) is 2.96. The van der Waals surface area contributed by atoms with Gasteiger partial charge in [-0.05, 0) is 33.5 Å². The third kappa shape index (κ3) is 1.40. The molecule has 1 heterocycles. The SMILES string of the molecule is [2H]C([2H])([2H])C1(O)C2CCC1CN(C(C)C)C2. The molecular formula is C11H21NO. The summed E-state index contributed by atoms with van der Waals surface area (Å²) in [4.78, 5) is 2.29. The lowest BCUT2D eigenvalue weighted by Crippen LogP contribution is -2.53. The summed E-state index contributed by atoms with van der Waals surface area (Å²) < 4.78 is 22.7. The lowest BCUT2D eigenvalue weighted by molar-refractivity contribution is -0.0751. The third-order valence-electron chi connectivity index (χ3n) is 3.75. The summed E-state index contributed by atoms with van der Waals surface area (Å²) in [5.41, 5.74) is -1.43. The van der Waals surface area contributed by atoms with E-state index in [1.165, 1.54) is 0 Å². The molecule has 2 fully saturated rings. The van der Waals surface area contributed by atoms with E-state index in [9.17, 15) is 5.11 Å². The van der Waals surface area contributed by atoms with Crippen molar-refractivity contribution in [1.29, 1.82) is 0 Å². The molecule has 0 amide bonds. The highest BCUT2D eigenvalue weighted by atomic mass is 16.3. The van der Waals surface area contributed by atoms with Crippen LogP contribution in [0, 0.1) is 11.8 Å². The number of hydrogen-bond donors (Lipinski definition) is 1. The molecule has 1 saturated carbocycles. The highest BCUT2D eigenvalue weighted by molar-refractivity contribution is 5.01. The molecule has 2 heteroatoms. The van der Waals surface area contributed by atoms with E-state index >= 15 is 0 Å². The lowest BCUT2D eigenvalue weighted by atomic mass is 9.81. The number of nitrogens with zero attached hydrogens (tertiary/aromatic N) is 1. The molecule has 0 aromatic carbocycles. The molecule has 0 aromatic heterocycles. The average Bonchev–Trinajstić information content (AvgIpc) is 2.37. The Labute approximate surface area is 85.1 Å². The summed E-state index contributed by atoms with van der Waals surface area (Å²) in [6, 6.07) is 0.434. The van der Waals surface area contributed by atoms with Gasteiger partial charge in [0.15, 0.2) is 0 Å². The van der Waals surface area contributed by atoms with E-state index in [0.29, 0.717) is 6.04 Å². The molecule has 1 N–H and O–H groups in total. The fourth-order valence-corrected chi connectivity index (χ4v) is 2.70. The first-order chi connectivity index (χ1) is 7.26. The Morgan fingerprint density at radius 2 is 1.92 bits per heavy atom. The van der Waals surface area contributed by atoms with Gasteiger partial charge in [0, 0.05) is 35.1 Å². The second-order valence-electron chi connectivity index (χ2n) is 4.84. The molecule has 0 radical (unpaired) electrons. The van der Waals surface area contributed by atoms with E-state index in [4.69, 9.17) is 4.11 Å². The lowest BCUT2D eigenvalue weighted by Gasteiger charge is -2.44. The molecule has 2 unspecified atom stereocenters. The van der Waals surface area contributed by atoms with Crippen molar-refractivity contribution >= 4 is 0 Å². The Kier molecular flexibility index (Phi) is 1.46. The molecule has 1 aliphatic carbocycles. The van der Waals surface area contributed by atoms with Crippen molar-refractivity contribution in [2.45, 2.75) is 45.2 Å². The number of piperidine rings is 1. The smallest absolute Gasteiger partial charge is 0.0700 e. The van der Waals surface area contributed by atoms with E-state index in [1.807, 2.05) is 0 Å². The molecule has 1 saturated heterocycles. The van der Waals surface area contributed by atoms with Gasteiger partial charge in [0.2, 0.25) is 0 Å². The highest BCUT2D eigenvalue weighted by Gasteiger charge is 2.49. The molecule has 2 aliphatic rings. The van der Waals surface area contributed by atoms with Gasteiger partial charge in [-0.1, -0.05) is 0 Å². The van der Waals surface area contributed by atoms with Gasteiger partial charge in [0.25, 0.3) is 0 Å². The minimum absolute atomic E-state index is 0.0823. The summed E-state index contributed by atoms with van der Waals surface area (Å²) in [5, 5.41) is 10.5. The van der Waals surface area contributed by atoms with Gasteiger partial charge in [0.1, 0.15) is 0 Å². The van der Waals surface area contributed by atoms with Gasteiger partial charge in [-0.25, -0.2) is 0 Å². The summed E-state index contributed by atoms with van der Waals surface area (Å²) in [6.07, 6.45) is 1.70. The van der Waals surface area contributed by atoms with E-state index in [1.54, 1.807) is 0 Å². The minimum atomic E-state index is -2.23. The van der Waals surface area contributed by atoms with E-state index in [2.05, 4.69) is 18.7 Å². The molecule has 2 rings (SSSR count). The van der Waals surface area contributed by atoms with E-state index in [-0.39, 0.29) is 11.8 Å². The summed E-state index contributed by atoms with van der Waals surface area (Å²) in [7, 11) is 0. The Hall–Kier alpha value is -0.0800. The summed E-state index contributed by atoms with van der Waals surface area (Å²) in [6.45, 7) is 3.46. The van der Waals surface area contributed by atoms with Gasteiger partial charge in [0.05, 0.1) is 5.60 Å². The molecule has 2 atom stereocenters. The van der Waals surface area contributed by atoms with E-state index in [0.717, 1.165) is 25.9 Å². The molecular weight excluding hydrogens is 162 g/mol. The van der Waals surface area contributed by atoms with Crippen LogP contribution >= 0.6 is 0 Å². The Bertz CT molecular complexity index is 263. The average molecular weight is 186 g/mol. The van der Waals surface area contributed by atoms with Crippen molar-refractivity contribution in [3.8, 4) is 0 Å². The number of aliphatic hydroxyl groups is 1. The monoisotopic (exact) mass is 186 g/mol. The van der Waals surface area contributed by atoms with Gasteiger partial charge in [-0.3, -0.25) is 0 Å².